The van der Waals surface area contributed by atoms with Crippen LogP contribution in [0.4, 0.5) is 5.69 Å². The van der Waals surface area contributed by atoms with Gasteiger partial charge in [-0.15, -0.1) is 0 Å². The maximum absolute atomic E-state index is 3.53. The van der Waals surface area contributed by atoms with E-state index in [4.69, 9.17) is 0 Å². The summed E-state index contributed by atoms with van der Waals surface area (Å²) in [5, 5.41) is 3.53. The van der Waals surface area contributed by atoms with E-state index in [0.717, 1.165) is 25.6 Å². The van der Waals surface area contributed by atoms with Crippen LogP contribution in [0, 0.1) is 5.92 Å². The van der Waals surface area contributed by atoms with E-state index in [1.165, 1.54) is 30.6 Å². The summed E-state index contributed by atoms with van der Waals surface area (Å²) in [7, 11) is 0. The van der Waals surface area contributed by atoms with Crippen molar-refractivity contribution in [3.63, 3.8) is 0 Å². The van der Waals surface area contributed by atoms with E-state index in [0.29, 0.717) is 0 Å². The highest BCUT2D eigenvalue weighted by Crippen LogP contribution is 2.27. The molecule has 0 aliphatic heterocycles. The number of benzene rings is 1. The Morgan fingerprint density at radius 3 is 2.29 bits per heavy atom. The van der Waals surface area contributed by atoms with Gasteiger partial charge in [0.15, 0.2) is 0 Å². The van der Waals surface area contributed by atoms with Gasteiger partial charge >= 0.3 is 0 Å². The normalized spacial score (nSPS) is 14.9. The standard InChI is InChI=1S/C15H24N2/c1-3-17(4-2)15-9-7-14(8-10-15)12-16-11-13-5-6-13/h7-10,13,16H,3-6,11-12H2,1-2H3. The van der Waals surface area contributed by atoms with Crippen molar-refractivity contribution in [2.45, 2.75) is 33.2 Å². The van der Waals surface area contributed by atoms with Gasteiger partial charge in [0.05, 0.1) is 0 Å². The number of anilines is 1. The average molecular weight is 232 g/mol. The van der Waals surface area contributed by atoms with Crippen LogP contribution in [0.25, 0.3) is 0 Å². The van der Waals surface area contributed by atoms with E-state index in [2.05, 4.69) is 48.3 Å². The molecule has 0 aromatic heterocycles. The fourth-order valence-electron chi connectivity index (χ4n) is 2.16. The predicted molar refractivity (Wildman–Crippen MR) is 74.4 cm³/mol. The molecule has 1 fully saturated rings. The molecule has 1 saturated carbocycles. The van der Waals surface area contributed by atoms with Crippen LogP contribution in [-0.2, 0) is 6.54 Å². The van der Waals surface area contributed by atoms with Crippen LogP contribution >= 0.6 is 0 Å². The van der Waals surface area contributed by atoms with Crippen LogP contribution < -0.4 is 10.2 Å². The summed E-state index contributed by atoms with van der Waals surface area (Å²) in [6.07, 6.45) is 2.85. The fraction of sp³-hybridized carbons (Fsp3) is 0.600. The van der Waals surface area contributed by atoms with Crippen molar-refractivity contribution in [2.75, 3.05) is 24.5 Å². The van der Waals surface area contributed by atoms with Crippen LogP contribution in [0.2, 0.25) is 0 Å². The zero-order valence-electron chi connectivity index (χ0n) is 11.1. The fourth-order valence-corrected chi connectivity index (χ4v) is 2.16. The van der Waals surface area contributed by atoms with Crippen molar-refractivity contribution in [2.24, 2.45) is 5.92 Å². The molecule has 0 amide bonds. The van der Waals surface area contributed by atoms with Gasteiger partial charge in [0, 0.05) is 25.3 Å². The third-order valence-corrected chi connectivity index (χ3v) is 3.52. The Labute approximate surface area is 105 Å². The Morgan fingerprint density at radius 1 is 1.12 bits per heavy atom. The smallest absolute Gasteiger partial charge is 0.0366 e. The minimum Gasteiger partial charge on any atom is -0.372 e. The van der Waals surface area contributed by atoms with Crippen LogP contribution in [0.1, 0.15) is 32.3 Å². The minimum atomic E-state index is 0.963. The zero-order valence-corrected chi connectivity index (χ0v) is 11.1. The molecule has 94 valence electrons. The molecular formula is C15H24N2. The minimum absolute atomic E-state index is 0.963. The van der Waals surface area contributed by atoms with Crippen LogP contribution in [0.5, 0.6) is 0 Å². The first-order valence-corrected chi connectivity index (χ1v) is 6.88. The van der Waals surface area contributed by atoms with Crippen molar-refractivity contribution in [1.29, 1.82) is 0 Å². The van der Waals surface area contributed by atoms with Crippen molar-refractivity contribution in [3.8, 4) is 0 Å². The molecule has 0 atom stereocenters. The Hall–Kier alpha value is -1.02. The van der Waals surface area contributed by atoms with Gasteiger partial charge in [0.1, 0.15) is 0 Å². The van der Waals surface area contributed by atoms with Gasteiger partial charge in [-0.1, -0.05) is 12.1 Å². The second-order valence-electron chi connectivity index (χ2n) is 4.91. The number of rotatable bonds is 7. The van der Waals surface area contributed by atoms with E-state index in [1.807, 2.05) is 0 Å². The lowest BCUT2D eigenvalue weighted by atomic mass is 10.2. The first kappa shape index (κ1) is 12.4. The van der Waals surface area contributed by atoms with Gasteiger partial charge in [0.25, 0.3) is 0 Å². The van der Waals surface area contributed by atoms with E-state index >= 15 is 0 Å². The quantitative estimate of drug-likeness (QED) is 0.777. The summed E-state index contributed by atoms with van der Waals surface area (Å²) in [5.74, 6) is 0.963. The van der Waals surface area contributed by atoms with Gasteiger partial charge in [0.2, 0.25) is 0 Å². The van der Waals surface area contributed by atoms with Gasteiger partial charge < -0.3 is 10.2 Å². The van der Waals surface area contributed by atoms with Crippen molar-refractivity contribution < 1.29 is 0 Å². The number of hydrogen-bond donors (Lipinski definition) is 1. The van der Waals surface area contributed by atoms with E-state index in [9.17, 15) is 0 Å². The predicted octanol–water partition coefficient (Wildman–Crippen LogP) is 3.03. The Bertz CT molecular complexity index is 323. The third-order valence-electron chi connectivity index (χ3n) is 3.52. The molecule has 0 saturated heterocycles. The highest BCUT2D eigenvalue weighted by Gasteiger charge is 2.19. The van der Waals surface area contributed by atoms with Crippen LogP contribution in [-0.4, -0.2) is 19.6 Å². The monoisotopic (exact) mass is 232 g/mol. The maximum Gasteiger partial charge on any atom is 0.0366 e. The molecule has 0 radical (unpaired) electrons. The largest absolute Gasteiger partial charge is 0.372 e. The molecule has 1 aromatic carbocycles. The maximum atomic E-state index is 3.53. The SMILES string of the molecule is CCN(CC)c1ccc(CNCC2CC2)cc1. The molecule has 0 spiro atoms. The molecule has 2 heteroatoms. The molecular weight excluding hydrogens is 208 g/mol. The molecule has 2 rings (SSSR count). The first-order valence-electron chi connectivity index (χ1n) is 6.88. The average Bonchev–Trinajstić information content (AvgIpc) is 3.17. The topological polar surface area (TPSA) is 15.3 Å². The summed E-state index contributed by atoms with van der Waals surface area (Å²) in [5.41, 5.74) is 2.72. The second-order valence-corrected chi connectivity index (χ2v) is 4.91. The molecule has 1 aliphatic rings. The van der Waals surface area contributed by atoms with Gasteiger partial charge in [-0.3, -0.25) is 0 Å². The van der Waals surface area contributed by atoms with Gasteiger partial charge in [-0.25, -0.2) is 0 Å². The first-order chi connectivity index (χ1) is 8.33. The van der Waals surface area contributed by atoms with Crippen LogP contribution in [0.3, 0.4) is 0 Å². The summed E-state index contributed by atoms with van der Waals surface area (Å²) < 4.78 is 0. The molecule has 1 aliphatic carbocycles. The molecule has 2 nitrogen and oxygen atoms in total. The summed E-state index contributed by atoms with van der Waals surface area (Å²) >= 11 is 0. The lowest BCUT2D eigenvalue weighted by molar-refractivity contribution is 0.638. The molecule has 0 bridgehead atoms. The van der Waals surface area contributed by atoms with Crippen molar-refractivity contribution in [3.05, 3.63) is 29.8 Å². The Morgan fingerprint density at radius 2 is 1.76 bits per heavy atom. The Kier molecular flexibility index (Phi) is 4.43. The van der Waals surface area contributed by atoms with Gasteiger partial charge in [-0.2, -0.15) is 0 Å². The van der Waals surface area contributed by atoms with Crippen molar-refractivity contribution >= 4 is 5.69 Å². The summed E-state index contributed by atoms with van der Waals surface area (Å²) in [4.78, 5) is 2.38. The van der Waals surface area contributed by atoms with Gasteiger partial charge in [-0.05, 0) is 56.8 Å². The Balaban J connectivity index is 1.83. The lowest BCUT2D eigenvalue weighted by Gasteiger charge is -2.21. The van der Waals surface area contributed by atoms with E-state index in [-0.39, 0.29) is 0 Å². The van der Waals surface area contributed by atoms with E-state index < -0.39 is 0 Å². The molecule has 1 N–H and O–H groups in total. The second kappa shape index (κ2) is 6.06. The van der Waals surface area contributed by atoms with E-state index in [1.54, 1.807) is 0 Å². The highest BCUT2D eigenvalue weighted by atomic mass is 15.1. The number of nitrogens with one attached hydrogen (secondary N) is 1. The molecule has 17 heavy (non-hydrogen) atoms. The number of hydrogen-bond acceptors (Lipinski definition) is 2. The lowest BCUT2D eigenvalue weighted by Crippen LogP contribution is -2.21. The highest BCUT2D eigenvalue weighted by molar-refractivity contribution is 5.47. The van der Waals surface area contributed by atoms with Crippen LogP contribution in [0.15, 0.2) is 24.3 Å². The zero-order chi connectivity index (χ0) is 12.1. The molecule has 1 aromatic rings. The third kappa shape index (κ3) is 3.74. The summed E-state index contributed by atoms with van der Waals surface area (Å²) in [6.45, 7) is 8.77. The summed E-state index contributed by atoms with van der Waals surface area (Å²) in [6, 6.07) is 8.96. The van der Waals surface area contributed by atoms with Crippen molar-refractivity contribution in [1.82, 2.24) is 5.32 Å². The molecule has 0 unspecified atom stereocenters. The number of nitrogens with zero attached hydrogens (tertiary/aromatic N) is 1. The molecule has 0 heterocycles.